The van der Waals surface area contributed by atoms with Gasteiger partial charge in [-0.25, -0.2) is 0 Å². The van der Waals surface area contributed by atoms with Crippen molar-refractivity contribution in [3.05, 3.63) is 59.7 Å². The smallest absolute Gasteiger partial charge is 0.269 e. The van der Waals surface area contributed by atoms with Crippen molar-refractivity contribution in [3.8, 4) is 5.75 Å². The molecule has 0 radical (unpaired) electrons. The molecule has 3 amide bonds. The Labute approximate surface area is 186 Å². The van der Waals surface area contributed by atoms with Gasteiger partial charge in [0.1, 0.15) is 5.75 Å². The number of carbonyl (C=O) groups is 3. The summed E-state index contributed by atoms with van der Waals surface area (Å²) in [5.41, 5.74) is 6.26. The zero-order chi connectivity index (χ0) is 22.8. The Bertz CT molecular complexity index is 928. The molecule has 0 aromatic heterocycles. The summed E-state index contributed by atoms with van der Waals surface area (Å²) in [4.78, 5) is 36.1. The number of hydrazine groups is 1. The molecule has 31 heavy (non-hydrogen) atoms. The minimum absolute atomic E-state index is 0.0380. The Morgan fingerprint density at radius 3 is 2.06 bits per heavy atom. The lowest BCUT2D eigenvalue weighted by Gasteiger charge is -2.12. The van der Waals surface area contributed by atoms with Crippen molar-refractivity contribution in [1.82, 2.24) is 16.2 Å². The molecule has 4 N–H and O–H groups in total. The molecule has 2 aromatic rings. The molecule has 0 saturated heterocycles. The zero-order valence-electron chi connectivity index (χ0n) is 17.7. The fourth-order valence-electron chi connectivity index (χ4n) is 2.50. The van der Waals surface area contributed by atoms with Gasteiger partial charge in [0.25, 0.3) is 11.8 Å². The molecule has 0 spiro atoms. The molecule has 0 aliphatic carbocycles. The van der Waals surface area contributed by atoms with Crippen LogP contribution in [0.2, 0.25) is 0 Å². The van der Waals surface area contributed by atoms with Gasteiger partial charge in [0.05, 0.1) is 6.10 Å². The number of amides is 3. The van der Waals surface area contributed by atoms with Crippen LogP contribution in [-0.2, 0) is 4.79 Å². The van der Waals surface area contributed by atoms with Gasteiger partial charge in [0.15, 0.2) is 5.11 Å². The van der Waals surface area contributed by atoms with E-state index in [9.17, 15) is 14.4 Å². The highest BCUT2D eigenvalue weighted by Gasteiger charge is 2.10. The summed E-state index contributed by atoms with van der Waals surface area (Å²) in [6.07, 6.45) is 1.23. The van der Waals surface area contributed by atoms with Gasteiger partial charge in [-0.05, 0) is 81.0 Å². The molecule has 0 aliphatic rings. The number of hydrogen-bond donors (Lipinski definition) is 4. The van der Waals surface area contributed by atoms with Gasteiger partial charge in [-0.2, -0.15) is 0 Å². The first-order valence-corrected chi connectivity index (χ1v) is 10.3. The molecule has 164 valence electrons. The van der Waals surface area contributed by atoms with E-state index in [4.69, 9.17) is 17.0 Å². The highest BCUT2D eigenvalue weighted by molar-refractivity contribution is 7.80. The van der Waals surface area contributed by atoms with E-state index < -0.39 is 11.8 Å². The maximum Gasteiger partial charge on any atom is 0.269 e. The molecule has 2 rings (SSSR count). The van der Waals surface area contributed by atoms with Crippen molar-refractivity contribution < 1.29 is 19.1 Å². The number of thiocarbonyl (C=S) groups is 1. The number of nitrogens with one attached hydrogen (secondary N) is 4. The summed E-state index contributed by atoms with van der Waals surface area (Å²) in [5.74, 6) is -0.284. The Hall–Kier alpha value is -3.46. The summed E-state index contributed by atoms with van der Waals surface area (Å²) >= 11 is 5.04. The Kier molecular flexibility index (Phi) is 8.95. The van der Waals surface area contributed by atoms with Crippen molar-refractivity contribution in [2.75, 3.05) is 5.32 Å². The average Bonchev–Trinajstić information content (AvgIpc) is 2.72. The lowest BCUT2D eigenvalue weighted by Crippen LogP contribution is -2.48. The number of hydrogen-bond acceptors (Lipinski definition) is 5. The van der Waals surface area contributed by atoms with Crippen LogP contribution < -0.4 is 26.2 Å². The molecule has 2 aromatic carbocycles. The van der Waals surface area contributed by atoms with E-state index in [1.54, 1.807) is 48.5 Å². The van der Waals surface area contributed by atoms with Gasteiger partial charge in [0.2, 0.25) is 5.91 Å². The Morgan fingerprint density at radius 1 is 0.903 bits per heavy atom. The lowest BCUT2D eigenvalue weighted by atomic mass is 10.2. The van der Waals surface area contributed by atoms with Gasteiger partial charge >= 0.3 is 0 Å². The summed E-state index contributed by atoms with van der Waals surface area (Å²) < 4.78 is 5.54. The summed E-state index contributed by atoms with van der Waals surface area (Å²) in [7, 11) is 0. The van der Waals surface area contributed by atoms with Crippen molar-refractivity contribution in [2.45, 2.75) is 39.7 Å². The minimum Gasteiger partial charge on any atom is -0.491 e. The molecule has 0 aliphatic heterocycles. The predicted octanol–water partition coefficient (Wildman–Crippen LogP) is 3.16. The van der Waals surface area contributed by atoms with Crippen LogP contribution in [0, 0.1) is 0 Å². The number of ether oxygens (including phenoxy) is 1. The van der Waals surface area contributed by atoms with Crippen LogP contribution in [0.25, 0.3) is 0 Å². The van der Waals surface area contributed by atoms with Crippen molar-refractivity contribution in [3.63, 3.8) is 0 Å². The fraction of sp³-hybridized carbons (Fsp3) is 0.273. The summed E-state index contributed by atoms with van der Waals surface area (Å²) in [5, 5.41) is 5.18. The van der Waals surface area contributed by atoms with E-state index in [0.717, 1.165) is 6.42 Å². The Morgan fingerprint density at radius 2 is 1.48 bits per heavy atom. The fourth-order valence-corrected chi connectivity index (χ4v) is 2.65. The largest absolute Gasteiger partial charge is 0.491 e. The second-order valence-corrected chi connectivity index (χ2v) is 7.34. The van der Waals surface area contributed by atoms with E-state index in [1.165, 1.54) is 0 Å². The molecule has 9 heteroatoms. The Balaban J connectivity index is 1.81. The van der Waals surface area contributed by atoms with Crippen LogP contribution >= 0.6 is 12.2 Å². The second kappa shape index (κ2) is 11.7. The van der Waals surface area contributed by atoms with E-state index in [-0.39, 0.29) is 17.1 Å². The topological polar surface area (TPSA) is 109 Å². The van der Waals surface area contributed by atoms with E-state index in [1.807, 2.05) is 20.8 Å². The number of rotatable bonds is 7. The SMILES string of the molecule is CCCC(=O)Nc1ccc(C(=O)NNC(=S)NC(=O)c2ccc(OC(C)C)cc2)cc1. The molecular weight excluding hydrogens is 416 g/mol. The number of benzene rings is 2. The lowest BCUT2D eigenvalue weighted by molar-refractivity contribution is -0.116. The second-order valence-electron chi connectivity index (χ2n) is 6.93. The number of anilines is 1. The van der Waals surface area contributed by atoms with Crippen molar-refractivity contribution >= 4 is 40.7 Å². The predicted molar refractivity (Wildman–Crippen MR) is 123 cm³/mol. The van der Waals surface area contributed by atoms with Crippen molar-refractivity contribution in [1.29, 1.82) is 0 Å². The average molecular weight is 443 g/mol. The van der Waals surface area contributed by atoms with Gasteiger partial charge in [-0.1, -0.05) is 6.92 Å². The quantitative estimate of drug-likeness (QED) is 0.388. The maximum absolute atomic E-state index is 12.2. The molecule has 0 fully saturated rings. The van der Waals surface area contributed by atoms with Crippen LogP contribution in [0.4, 0.5) is 5.69 Å². The van der Waals surface area contributed by atoms with Crippen LogP contribution in [0.15, 0.2) is 48.5 Å². The first-order chi connectivity index (χ1) is 14.8. The third kappa shape index (κ3) is 8.06. The van der Waals surface area contributed by atoms with Gasteiger partial charge in [-0.15, -0.1) is 0 Å². The molecule has 0 unspecified atom stereocenters. The maximum atomic E-state index is 12.2. The van der Waals surface area contributed by atoms with Crippen LogP contribution in [0.3, 0.4) is 0 Å². The highest BCUT2D eigenvalue weighted by atomic mass is 32.1. The van der Waals surface area contributed by atoms with Crippen LogP contribution in [0.1, 0.15) is 54.3 Å². The van der Waals surface area contributed by atoms with Crippen molar-refractivity contribution in [2.24, 2.45) is 0 Å². The van der Waals surface area contributed by atoms with Crippen LogP contribution in [0.5, 0.6) is 5.75 Å². The monoisotopic (exact) mass is 442 g/mol. The molecule has 0 atom stereocenters. The summed E-state index contributed by atoms with van der Waals surface area (Å²) in [6.45, 7) is 5.75. The third-order valence-electron chi connectivity index (χ3n) is 3.91. The first-order valence-electron chi connectivity index (χ1n) is 9.86. The molecule has 0 bridgehead atoms. The zero-order valence-corrected chi connectivity index (χ0v) is 18.5. The molecule has 8 nitrogen and oxygen atoms in total. The van der Waals surface area contributed by atoms with Gasteiger partial charge in [-0.3, -0.25) is 30.6 Å². The van der Waals surface area contributed by atoms with E-state index >= 15 is 0 Å². The molecule has 0 heterocycles. The standard InChI is InChI=1S/C22H26N4O4S/c1-4-5-19(27)23-17-10-6-16(7-11-17)21(29)25-26-22(31)24-20(28)15-8-12-18(13-9-15)30-14(2)3/h6-14H,4-5H2,1-3H3,(H,23,27)(H,25,29)(H2,24,26,28,31). The minimum atomic E-state index is -0.446. The normalized spacial score (nSPS) is 10.2. The van der Waals surface area contributed by atoms with Crippen LogP contribution in [-0.4, -0.2) is 28.9 Å². The first kappa shape index (κ1) is 23.8. The van der Waals surface area contributed by atoms with E-state index in [2.05, 4.69) is 21.5 Å². The third-order valence-corrected chi connectivity index (χ3v) is 4.12. The summed E-state index contributed by atoms with van der Waals surface area (Å²) in [6, 6.07) is 13.0. The number of carbonyl (C=O) groups excluding carboxylic acids is 3. The highest BCUT2D eigenvalue weighted by Crippen LogP contribution is 2.14. The van der Waals surface area contributed by atoms with Gasteiger partial charge < -0.3 is 10.1 Å². The van der Waals surface area contributed by atoms with Gasteiger partial charge in [0, 0.05) is 23.2 Å². The molecule has 0 saturated carbocycles. The molecular formula is C22H26N4O4S. The van der Waals surface area contributed by atoms with E-state index in [0.29, 0.717) is 29.0 Å².